The van der Waals surface area contributed by atoms with E-state index in [0.717, 1.165) is 36.4 Å². The summed E-state index contributed by atoms with van der Waals surface area (Å²) < 4.78 is 16.5. The van der Waals surface area contributed by atoms with Crippen molar-refractivity contribution in [3.05, 3.63) is 47.4 Å². The number of amides is 1. The summed E-state index contributed by atoms with van der Waals surface area (Å²) in [6.45, 7) is 6.54. The van der Waals surface area contributed by atoms with Crippen LogP contribution in [0.2, 0.25) is 0 Å². The van der Waals surface area contributed by atoms with E-state index >= 15 is 0 Å². The molecule has 1 aliphatic rings. The highest BCUT2D eigenvalue weighted by Crippen LogP contribution is 2.33. The lowest BCUT2D eigenvalue weighted by Gasteiger charge is -2.21. The zero-order chi connectivity index (χ0) is 19.4. The van der Waals surface area contributed by atoms with Crippen LogP contribution in [0.3, 0.4) is 0 Å². The van der Waals surface area contributed by atoms with Crippen LogP contribution in [0.4, 0.5) is 0 Å². The van der Waals surface area contributed by atoms with Gasteiger partial charge in [0.25, 0.3) is 0 Å². The number of aromatic nitrogens is 1. The molecule has 0 aliphatic carbocycles. The Bertz CT molecular complexity index is 825. The van der Waals surface area contributed by atoms with Crippen LogP contribution in [0.15, 0.2) is 34.9 Å². The van der Waals surface area contributed by atoms with Crippen LogP contribution in [0.1, 0.15) is 49.7 Å². The van der Waals surface area contributed by atoms with Crippen LogP contribution >= 0.6 is 0 Å². The molecule has 1 unspecified atom stereocenters. The van der Waals surface area contributed by atoms with Gasteiger partial charge in [-0.25, -0.2) is 0 Å². The monoisotopic (exact) mass is 370 g/mol. The molecule has 6 heteroatoms. The molecule has 2 aromatic rings. The lowest BCUT2D eigenvalue weighted by atomic mass is 10.1. The van der Waals surface area contributed by atoms with Crippen LogP contribution in [0.5, 0.6) is 11.5 Å². The SMILES string of the molecule is COc1cc(/C=C/C(=O)N2CCCC2c2cc(C)no2)ccc1OC(C)C. The van der Waals surface area contributed by atoms with Gasteiger partial charge in [-0.3, -0.25) is 4.79 Å². The molecule has 0 N–H and O–H groups in total. The molecule has 1 fully saturated rings. The summed E-state index contributed by atoms with van der Waals surface area (Å²) in [5.41, 5.74) is 1.71. The van der Waals surface area contributed by atoms with E-state index in [1.807, 2.05) is 49.9 Å². The Hall–Kier alpha value is -2.76. The number of carbonyl (C=O) groups is 1. The van der Waals surface area contributed by atoms with E-state index in [-0.39, 0.29) is 18.1 Å². The van der Waals surface area contributed by atoms with Gasteiger partial charge in [-0.05, 0) is 57.4 Å². The predicted molar refractivity (Wildman–Crippen MR) is 103 cm³/mol. The van der Waals surface area contributed by atoms with Crippen molar-refractivity contribution in [2.75, 3.05) is 13.7 Å². The first-order valence-corrected chi connectivity index (χ1v) is 9.24. The van der Waals surface area contributed by atoms with Crippen molar-refractivity contribution in [3.8, 4) is 11.5 Å². The topological polar surface area (TPSA) is 64.8 Å². The van der Waals surface area contributed by atoms with E-state index < -0.39 is 0 Å². The lowest BCUT2D eigenvalue weighted by Crippen LogP contribution is -2.28. The number of ether oxygens (including phenoxy) is 2. The third-order valence-electron chi connectivity index (χ3n) is 4.48. The van der Waals surface area contributed by atoms with Crippen molar-refractivity contribution in [2.24, 2.45) is 0 Å². The minimum absolute atomic E-state index is 0.0342. The fraction of sp³-hybridized carbons (Fsp3) is 0.429. The molecular weight excluding hydrogens is 344 g/mol. The molecule has 3 rings (SSSR count). The molecule has 1 amide bonds. The van der Waals surface area contributed by atoms with Gasteiger partial charge in [-0.1, -0.05) is 11.2 Å². The zero-order valence-electron chi connectivity index (χ0n) is 16.3. The van der Waals surface area contributed by atoms with E-state index in [9.17, 15) is 4.79 Å². The quantitative estimate of drug-likeness (QED) is 0.715. The van der Waals surface area contributed by atoms with Gasteiger partial charge in [0, 0.05) is 18.7 Å². The van der Waals surface area contributed by atoms with E-state index in [2.05, 4.69) is 5.16 Å². The van der Waals surface area contributed by atoms with Gasteiger partial charge >= 0.3 is 0 Å². The molecule has 27 heavy (non-hydrogen) atoms. The van der Waals surface area contributed by atoms with Gasteiger partial charge in [0.2, 0.25) is 5.91 Å². The summed E-state index contributed by atoms with van der Waals surface area (Å²) >= 11 is 0. The first kappa shape index (κ1) is 19.0. The number of rotatable bonds is 6. The number of aryl methyl sites for hydroxylation is 1. The van der Waals surface area contributed by atoms with Gasteiger partial charge in [-0.15, -0.1) is 0 Å². The lowest BCUT2D eigenvalue weighted by molar-refractivity contribution is -0.127. The molecule has 1 aromatic heterocycles. The third-order valence-corrected chi connectivity index (χ3v) is 4.48. The highest BCUT2D eigenvalue weighted by Gasteiger charge is 2.31. The van der Waals surface area contributed by atoms with Crippen molar-refractivity contribution in [2.45, 2.75) is 45.8 Å². The Morgan fingerprint density at radius 3 is 2.81 bits per heavy atom. The molecule has 1 aromatic carbocycles. The Kier molecular flexibility index (Phi) is 5.84. The number of likely N-dealkylation sites (tertiary alicyclic amines) is 1. The Labute approximate surface area is 159 Å². The second-order valence-electron chi connectivity index (χ2n) is 6.97. The van der Waals surface area contributed by atoms with Gasteiger partial charge in [0.1, 0.15) is 0 Å². The minimum Gasteiger partial charge on any atom is -0.493 e. The number of methoxy groups -OCH3 is 1. The van der Waals surface area contributed by atoms with Gasteiger partial charge in [0.15, 0.2) is 17.3 Å². The molecule has 0 spiro atoms. The van der Waals surface area contributed by atoms with E-state index in [1.165, 1.54) is 0 Å². The number of hydrogen-bond acceptors (Lipinski definition) is 5. The predicted octanol–water partition coefficient (Wildman–Crippen LogP) is 4.16. The van der Waals surface area contributed by atoms with Gasteiger partial charge in [0.05, 0.1) is 24.9 Å². The summed E-state index contributed by atoms with van der Waals surface area (Å²) in [4.78, 5) is 14.5. The molecular formula is C21H26N2O4. The number of benzene rings is 1. The molecule has 1 aliphatic heterocycles. The third kappa shape index (κ3) is 4.51. The average Bonchev–Trinajstić information content (AvgIpc) is 3.28. The van der Waals surface area contributed by atoms with Crippen molar-refractivity contribution >= 4 is 12.0 Å². The Morgan fingerprint density at radius 2 is 2.15 bits per heavy atom. The van der Waals surface area contributed by atoms with Crippen molar-refractivity contribution < 1.29 is 18.8 Å². The highest BCUT2D eigenvalue weighted by molar-refractivity contribution is 5.92. The second kappa shape index (κ2) is 8.29. The van der Waals surface area contributed by atoms with Crippen LogP contribution in [0, 0.1) is 6.92 Å². The molecule has 144 valence electrons. The van der Waals surface area contributed by atoms with E-state index in [0.29, 0.717) is 11.5 Å². The molecule has 1 atom stereocenters. The summed E-state index contributed by atoms with van der Waals surface area (Å²) in [5, 5.41) is 3.94. The van der Waals surface area contributed by atoms with E-state index in [1.54, 1.807) is 19.3 Å². The second-order valence-corrected chi connectivity index (χ2v) is 6.97. The molecule has 1 saturated heterocycles. The maximum absolute atomic E-state index is 12.7. The Balaban J connectivity index is 1.72. The van der Waals surface area contributed by atoms with Crippen molar-refractivity contribution in [3.63, 3.8) is 0 Å². The summed E-state index contributed by atoms with van der Waals surface area (Å²) in [6.07, 6.45) is 5.31. The van der Waals surface area contributed by atoms with Crippen LogP contribution < -0.4 is 9.47 Å². The number of hydrogen-bond donors (Lipinski definition) is 0. The molecule has 0 bridgehead atoms. The summed E-state index contributed by atoms with van der Waals surface area (Å²) in [5.74, 6) is 2.06. The van der Waals surface area contributed by atoms with Crippen molar-refractivity contribution in [1.29, 1.82) is 0 Å². The summed E-state index contributed by atoms with van der Waals surface area (Å²) in [7, 11) is 1.61. The van der Waals surface area contributed by atoms with E-state index in [4.69, 9.17) is 14.0 Å². The molecule has 6 nitrogen and oxygen atoms in total. The number of nitrogens with zero attached hydrogens (tertiary/aromatic N) is 2. The average molecular weight is 370 g/mol. The van der Waals surface area contributed by atoms with Crippen LogP contribution in [-0.4, -0.2) is 35.7 Å². The molecule has 0 radical (unpaired) electrons. The fourth-order valence-corrected chi connectivity index (χ4v) is 3.27. The highest BCUT2D eigenvalue weighted by atomic mass is 16.5. The maximum Gasteiger partial charge on any atom is 0.247 e. The van der Waals surface area contributed by atoms with Crippen molar-refractivity contribution in [1.82, 2.24) is 10.1 Å². The largest absolute Gasteiger partial charge is 0.493 e. The standard InChI is InChI=1S/C21H26N2O4/c1-14(2)26-18-9-7-16(13-20(18)25-4)8-10-21(24)23-11-5-6-17(23)19-12-15(3)22-27-19/h7-10,12-14,17H,5-6,11H2,1-4H3/b10-8+. The van der Waals surface area contributed by atoms with Gasteiger partial charge < -0.3 is 18.9 Å². The van der Waals surface area contributed by atoms with Crippen LogP contribution in [0.25, 0.3) is 6.08 Å². The first-order valence-electron chi connectivity index (χ1n) is 9.24. The smallest absolute Gasteiger partial charge is 0.247 e. The minimum atomic E-state index is -0.0419. The normalized spacial score (nSPS) is 17.1. The fourth-order valence-electron chi connectivity index (χ4n) is 3.27. The zero-order valence-corrected chi connectivity index (χ0v) is 16.3. The Morgan fingerprint density at radius 1 is 1.33 bits per heavy atom. The molecule has 0 saturated carbocycles. The van der Waals surface area contributed by atoms with Gasteiger partial charge in [-0.2, -0.15) is 0 Å². The van der Waals surface area contributed by atoms with Crippen LogP contribution in [-0.2, 0) is 4.79 Å². The number of carbonyl (C=O) groups excluding carboxylic acids is 1. The summed E-state index contributed by atoms with van der Waals surface area (Å²) in [6, 6.07) is 7.49. The maximum atomic E-state index is 12.7. The first-order chi connectivity index (χ1) is 13.0. The molecule has 2 heterocycles.